The Hall–Kier alpha value is -9.94. The van der Waals surface area contributed by atoms with Crippen LogP contribution in [0.5, 0.6) is 0 Å². The number of hydrogen-bond donors (Lipinski definition) is 18. The number of H-pyrrole nitrogens is 2. The fraction of sp³-hybridized carbons (Fsp3) is 0.477. The summed E-state index contributed by atoms with van der Waals surface area (Å²) in [5.41, 5.74) is 48.7. The van der Waals surface area contributed by atoms with Crippen LogP contribution < -0.4 is 88.4 Å². The molecule has 2 aromatic heterocycles. The Bertz CT molecular complexity index is 3300. The van der Waals surface area contributed by atoms with Gasteiger partial charge in [0.15, 0.2) is 11.9 Å². The number of aromatic amines is 2. The van der Waals surface area contributed by atoms with Gasteiger partial charge in [-0.15, -0.1) is 0 Å². The normalized spacial score (nSPS) is 14.3. The largest absolute Gasteiger partial charge is 0.370 e. The molecule has 30 nitrogen and oxygen atoms in total. The predicted octanol–water partition coefficient (Wildman–Crippen LogP) is -1.74. The number of aromatic nitrogens is 3. The number of fused-ring (bicyclic) bond motifs is 1. The Kier molecular flexibility index (Phi) is 32.1. The Labute approximate surface area is 553 Å². The van der Waals surface area contributed by atoms with E-state index in [0.29, 0.717) is 67.5 Å². The Morgan fingerprint density at radius 3 is 1.41 bits per heavy atom. The number of hydrogen-bond acceptors (Lipinski definition) is 15. The fourth-order valence-electron chi connectivity index (χ4n) is 10.5. The number of aliphatic imine (C=N–C) groups is 2. The first kappa shape index (κ1) is 75.8. The maximum Gasteiger partial charge on any atom is 0.243 e. The van der Waals surface area contributed by atoms with Crippen LogP contribution in [0.3, 0.4) is 0 Å². The lowest BCUT2D eigenvalue weighted by atomic mass is 9.96. The van der Waals surface area contributed by atoms with Gasteiger partial charge < -0.3 is 98.4 Å². The van der Waals surface area contributed by atoms with Gasteiger partial charge >= 0.3 is 0 Å². The molecule has 0 aliphatic carbocycles. The fourth-order valence-corrected chi connectivity index (χ4v) is 10.5. The number of unbranched alkanes of at least 4 members (excludes halogenated alkanes) is 2. The van der Waals surface area contributed by atoms with Crippen LogP contribution in [0.4, 0.5) is 0 Å². The average molecular weight is 1320 g/mol. The first-order valence-corrected chi connectivity index (χ1v) is 32.2. The summed E-state index contributed by atoms with van der Waals surface area (Å²) in [5.74, 6) is -7.69. The zero-order chi connectivity index (χ0) is 69.2. The van der Waals surface area contributed by atoms with E-state index in [1.807, 2.05) is 31.2 Å². The van der Waals surface area contributed by atoms with Gasteiger partial charge in [-0.1, -0.05) is 99.1 Å². The van der Waals surface area contributed by atoms with E-state index in [4.69, 9.17) is 45.9 Å². The minimum absolute atomic E-state index is 0.00160. The number of carbonyl (C=O) groups is 9. The molecule has 5 rings (SSSR count). The van der Waals surface area contributed by atoms with Gasteiger partial charge in [0.1, 0.15) is 48.3 Å². The molecule has 0 saturated heterocycles. The molecule has 0 spiro atoms. The molecule has 0 radical (unpaired) electrons. The van der Waals surface area contributed by atoms with Crippen molar-refractivity contribution in [3.05, 3.63) is 126 Å². The summed E-state index contributed by atoms with van der Waals surface area (Å²) in [6.07, 6.45) is 7.42. The summed E-state index contributed by atoms with van der Waals surface area (Å²) in [6.45, 7) is 4.48. The smallest absolute Gasteiger partial charge is 0.243 e. The summed E-state index contributed by atoms with van der Waals surface area (Å²) >= 11 is 0. The number of benzene rings is 3. The molecular weight excluding hydrogens is 1220 g/mol. The van der Waals surface area contributed by atoms with E-state index in [1.54, 1.807) is 73.8 Å². The highest BCUT2D eigenvalue weighted by Gasteiger charge is 2.37. The first-order chi connectivity index (χ1) is 45.6. The van der Waals surface area contributed by atoms with Gasteiger partial charge in [0.25, 0.3) is 0 Å². The van der Waals surface area contributed by atoms with Gasteiger partial charge in [0, 0.05) is 67.8 Å². The van der Waals surface area contributed by atoms with Gasteiger partial charge in [0.2, 0.25) is 53.2 Å². The molecule has 10 atom stereocenters. The molecule has 0 unspecified atom stereocenters. The van der Waals surface area contributed by atoms with Crippen LogP contribution in [-0.2, 0) is 68.8 Å². The van der Waals surface area contributed by atoms with Crippen LogP contribution >= 0.6 is 0 Å². The number of nitrogens with zero attached hydrogens (tertiary/aromatic N) is 3. The van der Waals surface area contributed by atoms with E-state index in [1.165, 1.54) is 12.5 Å². The zero-order valence-corrected chi connectivity index (χ0v) is 54.2. The molecule has 30 heteroatoms. The molecule has 0 fully saturated rings. The Balaban J connectivity index is 1.44. The van der Waals surface area contributed by atoms with E-state index in [9.17, 15) is 33.6 Å². The van der Waals surface area contributed by atoms with Crippen molar-refractivity contribution in [2.45, 2.75) is 165 Å². The summed E-state index contributed by atoms with van der Waals surface area (Å²) < 4.78 is 0. The molecule has 2 heterocycles. The summed E-state index contributed by atoms with van der Waals surface area (Å²) in [6, 6.07) is 13.6. The average Bonchev–Trinajstić information content (AvgIpc) is 1.83. The molecule has 0 bridgehead atoms. The number of nitrogens with one attached hydrogen (secondary N) is 10. The molecule has 0 saturated carbocycles. The third-order valence-electron chi connectivity index (χ3n) is 16.0. The minimum Gasteiger partial charge on any atom is -0.370 e. The van der Waals surface area contributed by atoms with Crippen LogP contribution in [0, 0.1) is 5.92 Å². The quantitative estimate of drug-likeness (QED) is 0.0117. The lowest BCUT2D eigenvalue weighted by Crippen LogP contribution is -2.62. The van der Waals surface area contributed by atoms with Crippen molar-refractivity contribution in [3.63, 3.8) is 0 Å². The number of rotatable bonds is 43. The van der Waals surface area contributed by atoms with Crippen molar-refractivity contribution in [2.75, 3.05) is 26.2 Å². The van der Waals surface area contributed by atoms with Gasteiger partial charge in [-0.05, 0) is 106 Å². The Morgan fingerprint density at radius 2 is 0.905 bits per heavy atom. The van der Waals surface area contributed by atoms with Crippen molar-refractivity contribution in [2.24, 2.45) is 61.8 Å². The molecule has 9 amide bonds. The van der Waals surface area contributed by atoms with E-state index < -0.39 is 113 Å². The van der Waals surface area contributed by atoms with Crippen molar-refractivity contribution in [1.82, 2.24) is 57.5 Å². The highest BCUT2D eigenvalue weighted by Crippen LogP contribution is 2.21. The number of nitrogens with two attached hydrogens (primary N) is 8. The molecule has 516 valence electrons. The van der Waals surface area contributed by atoms with Gasteiger partial charge in [-0.3, -0.25) is 53.1 Å². The standard InChI is InChI=1S/C65H97N21O9/c1-3-39(2)54(86-62(94)51(33-41-20-8-5-9-21-41)83-60(92)52(34-42-36-77-46-24-11-10-22-44(42)46)82-56(88)45(68)23-16-30-75-64(70)71)63(95)85-50(32-40-18-6-4-7-19-40)59(91)84-53(35-43-37-74-38-78-43)61(93)81-48(26-13-15-29-67)58(90)80-49(27-17-31-76-65(72)73)57(89)79-47(55(69)87)25-12-14-28-66/h4-11,18-22,24,36-39,45,47-54,77H,3,12-17,23,25-35,66-68H2,1-2H3,(H2,69,87)(H,74,78)(H,79,89)(H,80,90)(H,81,93)(H,82,88)(H,83,92)(H,84,91)(H,85,95)(H,86,94)(H4,70,71,75)(H4,72,73,76)/t39-,45-,47-,48-,49-,50+,51+,52+,53-,54-/m0/s1. The summed E-state index contributed by atoms with van der Waals surface area (Å²) in [5, 5.41) is 23.2. The maximum absolute atomic E-state index is 15.0. The zero-order valence-electron chi connectivity index (χ0n) is 54.2. The lowest BCUT2D eigenvalue weighted by Gasteiger charge is -2.30. The van der Waals surface area contributed by atoms with Gasteiger partial charge in [-0.2, -0.15) is 0 Å². The summed E-state index contributed by atoms with van der Waals surface area (Å²) in [7, 11) is 0. The molecule has 0 aliphatic rings. The minimum atomic E-state index is -1.44. The summed E-state index contributed by atoms with van der Waals surface area (Å²) in [4.78, 5) is 147. The second-order valence-electron chi connectivity index (χ2n) is 23.5. The van der Waals surface area contributed by atoms with Crippen molar-refractivity contribution >= 4 is 76.0 Å². The van der Waals surface area contributed by atoms with E-state index >= 15 is 9.59 Å². The maximum atomic E-state index is 15.0. The Morgan fingerprint density at radius 1 is 0.474 bits per heavy atom. The highest BCUT2D eigenvalue weighted by molar-refractivity contribution is 5.99. The highest BCUT2D eigenvalue weighted by atomic mass is 16.2. The van der Waals surface area contributed by atoms with Crippen LogP contribution in [0.15, 0.2) is 114 Å². The van der Waals surface area contributed by atoms with Crippen molar-refractivity contribution < 1.29 is 43.2 Å². The SMILES string of the molecule is CC[C@H](C)[C@H](NC(=O)[C@@H](Cc1ccccc1)NC(=O)[C@@H](Cc1c[nH]c2ccccc12)NC(=O)[C@@H](N)CCCN=C(N)N)C(=O)N[C@H](Cc1ccccc1)C(=O)N[C@@H](Cc1cnc[nH]1)C(=O)N[C@@H](CCCCN)C(=O)N[C@@H](CCCN=C(N)N)C(=O)N[C@@H](CCCCN)C(N)=O. The molecule has 5 aromatic rings. The predicted molar refractivity (Wildman–Crippen MR) is 362 cm³/mol. The number of guanidine groups is 2. The number of para-hydroxylation sites is 1. The first-order valence-electron chi connectivity index (χ1n) is 32.2. The number of primary amides is 1. The number of carbonyl (C=O) groups excluding carboxylic acids is 9. The van der Waals surface area contributed by atoms with E-state index in [0.717, 1.165) is 10.9 Å². The number of amides is 9. The van der Waals surface area contributed by atoms with E-state index in [2.05, 4.69) is 67.5 Å². The second-order valence-corrected chi connectivity index (χ2v) is 23.5. The monoisotopic (exact) mass is 1320 g/mol. The van der Waals surface area contributed by atoms with Crippen LogP contribution in [-0.4, -0.2) is 161 Å². The molecular formula is C65H97N21O9. The van der Waals surface area contributed by atoms with Crippen LogP contribution in [0.2, 0.25) is 0 Å². The second kappa shape index (κ2) is 40.2. The third kappa shape index (κ3) is 26.2. The van der Waals surface area contributed by atoms with Crippen LogP contribution in [0.25, 0.3) is 10.9 Å². The number of imidazole rings is 1. The van der Waals surface area contributed by atoms with Crippen LogP contribution in [0.1, 0.15) is 107 Å². The molecule has 95 heavy (non-hydrogen) atoms. The molecule has 26 N–H and O–H groups in total. The third-order valence-corrected chi connectivity index (χ3v) is 16.0. The molecule has 3 aromatic carbocycles. The topological polar surface area (TPSA) is 527 Å². The van der Waals surface area contributed by atoms with Crippen molar-refractivity contribution in [3.8, 4) is 0 Å². The van der Waals surface area contributed by atoms with Gasteiger partial charge in [0.05, 0.1) is 12.4 Å². The van der Waals surface area contributed by atoms with Gasteiger partial charge in [-0.25, -0.2) is 4.98 Å². The van der Waals surface area contributed by atoms with E-state index in [-0.39, 0.29) is 89.3 Å². The van der Waals surface area contributed by atoms with Crippen molar-refractivity contribution in [1.29, 1.82) is 0 Å². The lowest BCUT2D eigenvalue weighted by molar-refractivity contribution is -0.136. The molecule has 0 aliphatic heterocycles.